The number of nitrogens with zero attached hydrogens (tertiary/aromatic N) is 1. The number of para-hydroxylation sites is 1. The van der Waals surface area contributed by atoms with Gasteiger partial charge in [-0.05, 0) is 42.3 Å². The molecule has 1 aliphatic heterocycles. The lowest BCUT2D eigenvalue weighted by molar-refractivity contribution is -0.121. The van der Waals surface area contributed by atoms with Crippen LogP contribution in [-0.2, 0) is 11.2 Å². The van der Waals surface area contributed by atoms with Crippen molar-refractivity contribution >= 4 is 29.0 Å². The summed E-state index contributed by atoms with van der Waals surface area (Å²) < 4.78 is 5.55. The maximum Gasteiger partial charge on any atom is 0.323 e. The van der Waals surface area contributed by atoms with Crippen LogP contribution in [0.1, 0.15) is 5.56 Å². The first-order valence-corrected chi connectivity index (χ1v) is 9.43. The molecule has 0 aromatic heterocycles. The van der Waals surface area contributed by atoms with E-state index in [4.69, 9.17) is 4.74 Å². The van der Waals surface area contributed by atoms with E-state index in [1.165, 1.54) is 0 Å². The number of hydrogen-bond acceptors (Lipinski definition) is 3. The molecule has 0 fully saturated rings. The quantitative estimate of drug-likeness (QED) is 0.686. The minimum atomic E-state index is -0.352. The van der Waals surface area contributed by atoms with E-state index >= 15 is 0 Å². The van der Waals surface area contributed by atoms with E-state index < -0.39 is 0 Å². The molecule has 4 rings (SSSR count). The Bertz CT molecular complexity index is 1010. The molecule has 0 saturated heterocycles. The van der Waals surface area contributed by atoms with Gasteiger partial charge in [-0.15, -0.1) is 0 Å². The minimum absolute atomic E-state index is 0.0169. The van der Waals surface area contributed by atoms with E-state index in [9.17, 15) is 9.59 Å². The topological polar surface area (TPSA) is 70.7 Å². The molecule has 3 amide bonds. The molecule has 3 aromatic rings. The third kappa shape index (κ3) is 4.55. The fraction of sp³-hybridized carbons (Fsp3) is 0.130. The second-order valence-corrected chi connectivity index (χ2v) is 6.70. The van der Waals surface area contributed by atoms with Gasteiger partial charge in [-0.3, -0.25) is 4.79 Å². The van der Waals surface area contributed by atoms with Gasteiger partial charge in [0.1, 0.15) is 5.75 Å². The largest absolute Gasteiger partial charge is 0.482 e. The van der Waals surface area contributed by atoms with E-state index in [0.29, 0.717) is 29.4 Å². The summed E-state index contributed by atoms with van der Waals surface area (Å²) in [6.45, 7) is 0.557. The lowest BCUT2D eigenvalue weighted by atomic mass is 10.1. The molecule has 0 spiro atoms. The summed E-state index contributed by atoms with van der Waals surface area (Å²) in [6, 6.07) is 24.2. The number of carbonyl (C=O) groups excluding carboxylic acids is 2. The Morgan fingerprint density at radius 1 is 0.897 bits per heavy atom. The van der Waals surface area contributed by atoms with Crippen molar-refractivity contribution < 1.29 is 14.3 Å². The number of carbonyl (C=O) groups is 2. The van der Waals surface area contributed by atoms with Crippen LogP contribution >= 0.6 is 0 Å². The van der Waals surface area contributed by atoms with Gasteiger partial charge in [0.05, 0.1) is 5.69 Å². The zero-order valence-corrected chi connectivity index (χ0v) is 15.8. The molecule has 146 valence electrons. The number of ether oxygens (including phenoxy) is 1. The van der Waals surface area contributed by atoms with Crippen LogP contribution < -0.4 is 20.3 Å². The van der Waals surface area contributed by atoms with Crippen LogP contribution in [0.25, 0.3) is 0 Å². The Morgan fingerprint density at radius 3 is 2.34 bits per heavy atom. The zero-order chi connectivity index (χ0) is 20.1. The van der Waals surface area contributed by atoms with Gasteiger partial charge < -0.3 is 20.3 Å². The summed E-state index contributed by atoms with van der Waals surface area (Å²) in [5.41, 5.74) is 3.10. The summed E-state index contributed by atoms with van der Waals surface area (Å²) in [6.07, 6.45) is 0.734. The van der Waals surface area contributed by atoms with Crippen molar-refractivity contribution in [2.24, 2.45) is 0 Å². The molecule has 0 aliphatic carbocycles. The number of urea groups is 1. The highest BCUT2D eigenvalue weighted by atomic mass is 16.5. The third-order valence-electron chi connectivity index (χ3n) is 4.66. The minimum Gasteiger partial charge on any atom is -0.482 e. The van der Waals surface area contributed by atoms with Gasteiger partial charge >= 0.3 is 6.03 Å². The van der Waals surface area contributed by atoms with Gasteiger partial charge in [0.15, 0.2) is 6.61 Å². The highest BCUT2D eigenvalue weighted by Gasteiger charge is 2.25. The Morgan fingerprint density at radius 2 is 1.59 bits per heavy atom. The molecule has 0 saturated carbocycles. The van der Waals surface area contributed by atoms with Crippen molar-refractivity contribution in [1.29, 1.82) is 0 Å². The first kappa shape index (κ1) is 18.6. The Kier molecular flexibility index (Phi) is 5.42. The van der Waals surface area contributed by atoms with Crippen LogP contribution in [-0.4, -0.2) is 25.1 Å². The number of benzene rings is 3. The predicted octanol–water partition coefficient (Wildman–Crippen LogP) is 4.30. The highest BCUT2D eigenvalue weighted by Crippen LogP contribution is 2.34. The molecule has 0 bridgehead atoms. The number of hydrogen-bond donors (Lipinski definition) is 2. The van der Waals surface area contributed by atoms with Crippen LogP contribution in [0.2, 0.25) is 0 Å². The maximum absolute atomic E-state index is 12.5. The van der Waals surface area contributed by atoms with Gasteiger partial charge in [-0.25, -0.2) is 4.79 Å². The summed E-state index contributed by atoms with van der Waals surface area (Å²) in [5.74, 6) is 0.533. The number of nitrogens with one attached hydrogen (secondary N) is 2. The van der Waals surface area contributed by atoms with Crippen molar-refractivity contribution in [1.82, 2.24) is 0 Å². The van der Waals surface area contributed by atoms with Gasteiger partial charge in [0.2, 0.25) is 0 Å². The fourth-order valence-corrected chi connectivity index (χ4v) is 3.23. The monoisotopic (exact) mass is 387 g/mol. The summed E-state index contributed by atoms with van der Waals surface area (Å²) in [5, 5.41) is 5.58. The highest BCUT2D eigenvalue weighted by molar-refractivity contribution is 6.02. The van der Waals surface area contributed by atoms with Gasteiger partial charge in [-0.2, -0.15) is 0 Å². The molecule has 0 atom stereocenters. The van der Waals surface area contributed by atoms with Crippen LogP contribution in [0, 0.1) is 0 Å². The van der Waals surface area contributed by atoms with E-state index in [0.717, 1.165) is 12.0 Å². The molecule has 0 radical (unpaired) electrons. The molecule has 0 unspecified atom stereocenters. The van der Waals surface area contributed by atoms with Crippen LogP contribution in [0.5, 0.6) is 5.75 Å². The molecule has 6 heteroatoms. The number of rotatable bonds is 5. The first-order chi connectivity index (χ1) is 14.2. The maximum atomic E-state index is 12.5. The third-order valence-corrected chi connectivity index (χ3v) is 4.66. The lowest BCUT2D eigenvalue weighted by Gasteiger charge is -2.30. The first-order valence-electron chi connectivity index (χ1n) is 9.43. The summed E-state index contributed by atoms with van der Waals surface area (Å²) >= 11 is 0. The normalized spacial score (nSPS) is 12.7. The van der Waals surface area contributed by atoms with E-state index in [2.05, 4.69) is 10.6 Å². The number of amides is 3. The van der Waals surface area contributed by atoms with Crippen molar-refractivity contribution in [2.45, 2.75) is 6.42 Å². The predicted molar refractivity (Wildman–Crippen MR) is 114 cm³/mol. The molecular formula is C23H21N3O3. The standard InChI is InChI=1S/C23H21N3O3/c27-22-16-29-21-12-11-19(25-23(28)24-18-9-5-2-6-10-18)15-20(21)26(22)14-13-17-7-3-1-4-8-17/h1-12,15H,13-14,16H2,(H2,24,25,28). The van der Waals surface area contributed by atoms with Crippen LogP contribution in [0.15, 0.2) is 78.9 Å². The second kappa shape index (κ2) is 8.48. The van der Waals surface area contributed by atoms with Gasteiger partial charge in [0.25, 0.3) is 5.91 Å². The van der Waals surface area contributed by atoms with Crippen molar-refractivity contribution in [3.05, 3.63) is 84.4 Å². The number of anilines is 3. The average Bonchev–Trinajstić information content (AvgIpc) is 2.74. The molecular weight excluding hydrogens is 366 g/mol. The van der Waals surface area contributed by atoms with Gasteiger partial charge in [0, 0.05) is 17.9 Å². The zero-order valence-electron chi connectivity index (χ0n) is 15.8. The Labute approximate surface area is 169 Å². The second-order valence-electron chi connectivity index (χ2n) is 6.70. The van der Waals surface area contributed by atoms with Crippen LogP contribution in [0.4, 0.5) is 21.9 Å². The Balaban J connectivity index is 1.48. The fourth-order valence-electron chi connectivity index (χ4n) is 3.23. The smallest absolute Gasteiger partial charge is 0.323 e. The van der Waals surface area contributed by atoms with E-state index in [-0.39, 0.29) is 18.5 Å². The van der Waals surface area contributed by atoms with Gasteiger partial charge in [-0.1, -0.05) is 48.5 Å². The van der Waals surface area contributed by atoms with Crippen molar-refractivity contribution in [2.75, 3.05) is 28.7 Å². The molecule has 1 aliphatic rings. The summed E-state index contributed by atoms with van der Waals surface area (Å²) in [4.78, 5) is 26.4. The van der Waals surface area contributed by atoms with Crippen molar-refractivity contribution in [3.63, 3.8) is 0 Å². The lowest BCUT2D eigenvalue weighted by Crippen LogP contribution is -2.40. The molecule has 6 nitrogen and oxygen atoms in total. The average molecular weight is 387 g/mol. The molecule has 2 N–H and O–H groups in total. The van der Waals surface area contributed by atoms with E-state index in [1.54, 1.807) is 23.1 Å². The van der Waals surface area contributed by atoms with Crippen LogP contribution in [0.3, 0.4) is 0 Å². The Hall–Kier alpha value is -3.80. The van der Waals surface area contributed by atoms with Crippen molar-refractivity contribution in [3.8, 4) is 5.75 Å². The molecule has 29 heavy (non-hydrogen) atoms. The molecule has 3 aromatic carbocycles. The number of fused-ring (bicyclic) bond motifs is 1. The SMILES string of the molecule is O=C(Nc1ccccc1)Nc1ccc2c(c1)N(CCc1ccccc1)C(=O)CO2. The molecule has 1 heterocycles. The summed E-state index contributed by atoms with van der Waals surface area (Å²) in [7, 11) is 0. The van der Waals surface area contributed by atoms with E-state index in [1.807, 2.05) is 60.7 Å².